The average Bonchev–Trinajstić information content (AvgIpc) is 1.32. The van der Waals surface area contributed by atoms with Crippen LogP contribution in [0.4, 0.5) is 51.2 Å². The van der Waals surface area contributed by atoms with Gasteiger partial charge in [0.25, 0.3) is 20.1 Å². The lowest BCUT2D eigenvalue weighted by molar-refractivity contribution is 0.464. The molecule has 0 bridgehead atoms. The molecule has 12 heteroatoms. The molecular weight excluding hydrogens is 1040 g/mol. The zero-order valence-electron chi connectivity index (χ0n) is 44.5. The fraction of sp³-hybridized carbons (Fsp3) is 0. The lowest BCUT2D eigenvalue weighted by Crippen LogP contribution is -2.61. The van der Waals surface area contributed by atoms with Crippen LogP contribution in [0.3, 0.4) is 0 Å². The second-order valence-electron chi connectivity index (χ2n) is 22.9. The van der Waals surface area contributed by atoms with Gasteiger partial charge in [-0.2, -0.15) is 0 Å². The minimum Gasteiger partial charge on any atom is -0.458 e. The zero-order chi connectivity index (χ0) is 54.2. The molecule has 386 valence electrons. The second kappa shape index (κ2) is 15.5. The third kappa shape index (κ3) is 5.53. The number of para-hydroxylation sites is 1. The van der Waals surface area contributed by atoms with Crippen LogP contribution >= 0.6 is 0 Å². The molecule has 12 aromatic rings. The number of nitrogens with zero attached hydrogens (tertiary/aromatic N) is 3. The number of ether oxygens (including phenoxy) is 6. The monoisotopic (exact) mass is 1070 g/mol. The van der Waals surface area contributed by atoms with Crippen molar-refractivity contribution in [1.29, 1.82) is 0 Å². The summed E-state index contributed by atoms with van der Waals surface area (Å²) >= 11 is 0. The van der Waals surface area contributed by atoms with Gasteiger partial charge in [0.2, 0.25) is 0 Å². The van der Waals surface area contributed by atoms with E-state index in [4.69, 9.17) is 28.4 Å². The molecule has 0 aromatic heterocycles. The Morgan fingerprint density at radius 1 is 0.190 bits per heavy atom. The first kappa shape index (κ1) is 43.8. The molecule has 9 aliphatic heterocycles. The molecule has 9 heterocycles. The molecule has 0 aliphatic carbocycles. The molecule has 0 fully saturated rings. The van der Waals surface area contributed by atoms with Crippen molar-refractivity contribution < 1.29 is 28.4 Å². The molecule has 0 spiro atoms. The quantitative estimate of drug-likeness (QED) is 0.157. The predicted octanol–water partition coefficient (Wildman–Crippen LogP) is 12.6. The van der Waals surface area contributed by atoms with Gasteiger partial charge in [-0.05, 0) is 201 Å². The molecule has 0 saturated carbocycles. The lowest BCUT2D eigenvalue weighted by Gasteiger charge is -2.43. The Hall–Kier alpha value is -11.0. The van der Waals surface area contributed by atoms with Crippen LogP contribution < -0.4 is 92.3 Å². The van der Waals surface area contributed by atoms with Crippen LogP contribution in [0.15, 0.2) is 231 Å². The van der Waals surface area contributed by atoms with Crippen molar-refractivity contribution in [3.05, 3.63) is 231 Å². The third-order valence-electron chi connectivity index (χ3n) is 18.8. The average molecular weight is 1070 g/mol. The smallest absolute Gasteiger partial charge is 0.266 e. The Morgan fingerprint density at radius 3 is 0.726 bits per heavy atom. The van der Waals surface area contributed by atoms with E-state index in [0.29, 0.717) is 0 Å². The highest BCUT2D eigenvalue weighted by molar-refractivity contribution is 7.02. The van der Waals surface area contributed by atoms with Crippen molar-refractivity contribution in [2.45, 2.75) is 0 Å². The van der Waals surface area contributed by atoms with Crippen LogP contribution in [0.2, 0.25) is 0 Å². The number of rotatable bonds is 5. The molecule has 0 amide bonds. The van der Waals surface area contributed by atoms with Crippen LogP contribution in [0.25, 0.3) is 22.3 Å². The summed E-state index contributed by atoms with van der Waals surface area (Å²) in [5.41, 5.74) is 24.0. The summed E-state index contributed by atoms with van der Waals surface area (Å²) in [5.74, 6) is 10.1. The zero-order valence-corrected chi connectivity index (χ0v) is 44.5. The minimum absolute atomic E-state index is 0.0137. The third-order valence-corrected chi connectivity index (χ3v) is 18.8. The van der Waals surface area contributed by atoms with Crippen molar-refractivity contribution in [2.75, 3.05) is 14.7 Å². The normalized spacial score (nSPS) is 14.6. The number of hydrogen-bond donors (Lipinski definition) is 0. The highest BCUT2D eigenvalue weighted by Gasteiger charge is 2.51. The van der Waals surface area contributed by atoms with E-state index in [1.54, 1.807) is 0 Å². The summed E-state index contributed by atoms with van der Waals surface area (Å²) in [4.78, 5) is 7.05. The summed E-state index contributed by atoms with van der Waals surface area (Å²) in [7, 11) is 0. The maximum atomic E-state index is 7.04. The van der Waals surface area contributed by atoms with Gasteiger partial charge in [0.05, 0.1) is 0 Å². The first-order valence-electron chi connectivity index (χ1n) is 28.6. The van der Waals surface area contributed by atoms with Crippen molar-refractivity contribution in [3.8, 4) is 91.2 Å². The molecule has 0 saturated heterocycles. The Morgan fingerprint density at radius 2 is 0.429 bits per heavy atom. The van der Waals surface area contributed by atoms with Gasteiger partial charge in [0.1, 0.15) is 69.0 Å². The number of anilines is 9. The molecule has 84 heavy (non-hydrogen) atoms. The molecule has 0 N–H and O–H groups in total. The Kier molecular flexibility index (Phi) is 8.09. The van der Waals surface area contributed by atoms with Gasteiger partial charge in [0.15, 0.2) is 0 Å². The number of benzene rings is 12. The highest BCUT2D eigenvalue weighted by Crippen LogP contribution is 2.51. The highest BCUT2D eigenvalue weighted by atomic mass is 16.5. The summed E-state index contributed by atoms with van der Waals surface area (Å²) in [6, 6.07) is 81.5. The van der Waals surface area contributed by atoms with Gasteiger partial charge in [-0.15, -0.1) is 0 Å². The van der Waals surface area contributed by atoms with E-state index in [1.165, 1.54) is 10.9 Å². The molecule has 21 rings (SSSR count). The van der Waals surface area contributed by atoms with Gasteiger partial charge in [0, 0.05) is 67.6 Å². The fourth-order valence-corrected chi connectivity index (χ4v) is 15.5. The van der Waals surface area contributed by atoms with Gasteiger partial charge in [-0.25, -0.2) is 0 Å². The summed E-state index contributed by atoms with van der Waals surface area (Å²) in [5, 5.41) is 0. The molecule has 12 aromatic carbocycles. The van der Waals surface area contributed by atoms with Crippen molar-refractivity contribution in [1.82, 2.24) is 0 Å². The standard InChI is InChI=1S/C72H38B3N3O6/c1-2-11-43(12-3-1)76-46-13-6-21-54-66(46)74-67-47(76)14-7-22-55(67)82-61-36-41(35-60(81-54)71(61)74)40-29-33-45(34-30-40)78-50-17-8-23-56-68(50)75-69-51(78)18-9-24-57(69)84-63-38-42(37-62(83-56)72(63)75)39-27-31-44(32-28-39)77-48-15-4-19-52-64(48)73-65-49(77)16-5-20-53(65)80-59-26-10-25-58(79-52)70(59)73/h1-38H. The van der Waals surface area contributed by atoms with Gasteiger partial charge >= 0.3 is 0 Å². The van der Waals surface area contributed by atoms with E-state index in [1.807, 2.05) is 18.2 Å². The fourth-order valence-electron chi connectivity index (χ4n) is 15.5. The molecule has 9 aliphatic rings. The summed E-state index contributed by atoms with van der Waals surface area (Å²) in [6.45, 7) is -0.100. The summed E-state index contributed by atoms with van der Waals surface area (Å²) < 4.78 is 41.1. The Bertz CT molecular complexity index is 4800. The Balaban J connectivity index is 0.619. The van der Waals surface area contributed by atoms with Crippen LogP contribution in [0.5, 0.6) is 69.0 Å². The molecule has 9 nitrogen and oxygen atoms in total. The van der Waals surface area contributed by atoms with E-state index in [0.717, 1.165) is 181 Å². The van der Waals surface area contributed by atoms with Crippen LogP contribution in [0, 0.1) is 0 Å². The SMILES string of the molecule is c1ccc(N2c3cccc4c3B3c5c(cc(-c6ccc(N7c8cccc9c8B8c%10c(cc(-c%11ccc(N%12c%13cccc%14c%13B%13c%15c(cccc%15Oc%15cccc%12c%15%13)O%14)cc%11)cc%10Oc%10cccc7c%108)O9)cc6)cc5Oc5cccc2c53)O4)cc1. The van der Waals surface area contributed by atoms with Crippen LogP contribution in [0.1, 0.15) is 0 Å². The van der Waals surface area contributed by atoms with Gasteiger partial charge in [-0.3, -0.25) is 0 Å². The lowest BCUT2D eigenvalue weighted by atomic mass is 9.33. The maximum Gasteiger partial charge on any atom is 0.266 e. The van der Waals surface area contributed by atoms with Crippen LogP contribution in [-0.2, 0) is 0 Å². The Labute approximate surface area is 482 Å². The van der Waals surface area contributed by atoms with Crippen LogP contribution in [-0.4, -0.2) is 20.1 Å². The summed E-state index contributed by atoms with van der Waals surface area (Å²) in [6.07, 6.45) is 0. The van der Waals surface area contributed by atoms with E-state index >= 15 is 0 Å². The molecule has 0 atom stereocenters. The van der Waals surface area contributed by atoms with E-state index in [2.05, 4.69) is 227 Å². The van der Waals surface area contributed by atoms with E-state index in [-0.39, 0.29) is 20.1 Å². The van der Waals surface area contributed by atoms with Gasteiger partial charge in [-0.1, -0.05) is 84.9 Å². The van der Waals surface area contributed by atoms with Crippen molar-refractivity contribution >= 4 is 120 Å². The molecule has 0 radical (unpaired) electrons. The van der Waals surface area contributed by atoms with Gasteiger partial charge < -0.3 is 43.1 Å². The largest absolute Gasteiger partial charge is 0.458 e. The number of hydrogen-bond acceptors (Lipinski definition) is 9. The molecular formula is C72H38B3N3O6. The molecule has 0 unspecified atom stereocenters. The van der Waals surface area contributed by atoms with E-state index < -0.39 is 0 Å². The second-order valence-corrected chi connectivity index (χ2v) is 22.9. The minimum atomic E-state index is -0.0881. The van der Waals surface area contributed by atoms with Crippen molar-refractivity contribution in [2.24, 2.45) is 0 Å². The predicted molar refractivity (Wildman–Crippen MR) is 335 cm³/mol. The maximum absolute atomic E-state index is 7.04. The topological polar surface area (TPSA) is 65.1 Å². The first-order valence-corrected chi connectivity index (χ1v) is 28.6. The van der Waals surface area contributed by atoms with E-state index in [9.17, 15) is 0 Å². The van der Waals surface area contributed by atoms with Crippen molar-refractivity contribution in [3.63, 3.8) is 0 Å². The first-order chi connectivity index (χ1) is 41.6.